The predicted octanol–water partition coefficient (Wildman–Crippen LogP) is 2.96. The van der Waals surface area contributed by atoms with Gasteiger partial charge in [0.1, 0.15) is 5.82 Å². The molecule has 1 N–H and O–H groups in total. The SMILES string of the molecule is CNc1nc(-c2cn(C)nc2C(C)(C)C)nc2c1CSC2. The highest BCUT2D eigenvalue weighted by Crippen LogP contribution is 2.36. The molecule has 0 aliphatic carbocycles. The van der Waals surface area contributed by atoms with Crippen LogP contribution >= 0.6 is 11.8 Å². The van der Waals surface area contributed by atoms with Crippen molar-refractivity contribution in [2.24, 2.45) is 7.05 Å². The van der Waals surface area contributed by atoms with E-state index in [0.29, 0.717) is 0 Å². The molecule has 0 aromatic carbocycles. The van der Waals surface area contributed by atoms with Gasteiger partial charge in [0.2, 0.25) is 0 Å². The van der Waals surface area contributed by atoms with Crippen molar-refractivity contribution in [2.75, 3.05) is 12.4 Å². The third kappa shape index (κ3) is 2.52. The summed E-state index contributed by atoms with van der Waals surface area (Å²) in [7, 11) is 3.87. The number of hydrogen-bond donors (Lipinski definition) is 1. The average molecular weight is 303 g/mol. The summed E-state index contributed by atoms with van der Waals surface area (Å²) in [6.07, 6.45) is 2.02. The Morgan fingerprint density at radius 3 is 2.67 bits per heavy atom. The molecule has 6 heteroatoms. The highest BCUT2D eigenvalue weighted by atomic mass is 32.2. The molecule has 3 heterocycles. The Hall–Kier alpha value is -1.56. The second kappa shape index (κ2) is 5.02. The maximum Gasteiger partial charge on any atom is 0.165 e. The lowest BCUT2D eigenvalue weighted by atomic mass is 9.89. The molecule has 0 bridgehead atoms. The maximum absolute atomic E-state index is 4.79. The smallest absolute Gasteiger partial charge is 0.165 e. The van der Waals surface area contributed by atoms with Crippen LogP contribution in [0.3, 0.4) is 0 Å². The summed E-state index contributed by atoms with van der Waals surface area (Å²) in [5.41, 5.74) is 4.43. The van der Waals surface area contributed by atoms with Crippen molar-refractivity contribution < 1.29 is 0 Å². The fraction of sp³-hybridized carbons (Fsp3) is 0.533. The molecule has 0 amide bonds. The van der Waals surface area contributed by atoms with E-state index in [1.807, 2.05) is 36.7 Å². The highest BCUT2D eigenvalue weighted by Gasteiger charge is 2.26. The van der Waals surface area contributed by atoms with E-state index in [0.717, 1.165) is 40.1 Å². The Balaban J connectivity index is 2.18. The molecule has 0 saturated carbocycles. The summed E-state index contributed by atoms with van der Waals surface area (Å²) in [5.74, 6) is 3.68. The minimum Gasteiger partial charge on any atom is -0.373 e. The molecule has 0 unspecified atom stereocenters. The number of nitrogens with one attached hydrogen (secondary N) is 1. The lowest BCUT2D eigenvalue weighted by molar-refractivity contribution is 0.554. The Bertz CT molecular complexity index is 684. The summed E-state index contributed by atoms with van der Waals surface area (Å²) in [5, 5.41) is 7.83. The van der Waals surface area contributed by atoms with Crippen molar-refractivity contribution in [3.63, 3.8) is 0 Å². The van der Waals surface area contributed by atoms with Crippen LogP contribution in [0.25, 0.3) is 11.4 Å². The molecular weight excluding hydrogens is 282 g/mol. The van der Waals surface area contributed by atoms with Crippen LogP contribution < -0.4 is 5.32 Å². The second-order valence-electron chi connectivity index (χ2n) is 6.38. The number of aromatic nitrogens is 4. The molecule has 21 heavy (non-hydrogen) atoms. The third-order valence-electron chi connectivity index (χ3n) is 3.59. The molecule has 0 radical (unpaired) electrons. The van der Waals surface area contributed by atoms with Crippen LogP contribution in [-0.4, -0.2) is 26.8 Å². The van der Waals surface area contributed by atoms with E-state index >= 15 is 0 Å². The number of rotatable bonds is 2. The Kier molecular flexibility index (Phi) is 3.43. The topological polar surface area (TPSA) is 55.6 Å². The number of hydrogen-bond acceptors (Lipinski definition) is 5. The molecule has 3 rings (SSSR count). The largest absolute Gasteiger partial charge is 0.373 e. The third-order valence-corrected chi connectivity index (χ3v) is 4.57. The molecule has 1 aliphatic heterocycles. The van der Waals surface area contributed by atoms with E-state index in [9.17, 15) is 0 Å². The summed E-state index contributed by atoms with van der Waals surface area (Å²) in [6, 6.07) is 0. The fourth-order valence-corrected chi connectivity index (χ4v) is 3.63. The van der Waals surface area contributed by atoms with E-state index in [1.165, 1.54) is 5.56 Å². The summed E-state index contributed by atoms with van der Waals surface area (Å²) < 4.78 is 1.85. The zero-order valence-electron chi connectivity index (χ0n) is 13.2. The number of fused-ring (bicyclic) bond motifs is 1. The minimum absolute atomic E-state index is 0.0342. The number of nitrogens with zero attached hydrogens (tertiary/aromatic N) is 4. The van der Waals surface area contributed by atoms with Gasteiger partial charge in [-0.25, -0.2) is 9.97 Å². The normalized spacial score (nSPS) is 14.3. The van der Waals surface area contributed by atoms with Crippen molar-refractivity contribution in [1.82, 2.24) is 19.7 Å². The van der Waals surface area contributed by atoms with Crippen molar-refractivity contribution in [3.8, 4) is 11.4 Å². The Morgan fingerprint density at radius 2 is 2.00 bits per heavy atom. The van der Waals surface area contributed by atoms with Gasteiger partial charge in [-0.2, -0.15) is 16.9 Å². The van der Waals surface area contributed by atoms with Crippen LogP contribution in [0, 0.1) is 0 Å². The summed E-state index contributed by atoms with van der Waals surface area (Å²) in [4.78, 5) is 9.53. The van der Waals surface area contributed by atoms with Gasteiger partial charge in [0.15, 0.2) is 5.82 Å². The molecular formula is C15H21N5S. The van der Waals surface area contributed by atoms with Gasteiger partial charge in [0.05, 0.1) is 17.0 Å². The van der Waals surface area contributed by atoms with Gasteiger partial charge in [0.25, 0.3) is 0 Å². The number of thioether (sulfide) groups is 1. The van der Waals surface area contributed by atoms with Crippen LogP contribution in [0.15, 0.2) is 6.20 Å². The molecule has 0 atom stereocenters. The van der Waals surface area contributed by atoms with Crippen molar-refractivity contribution in [1.29, 1.82) is 0 Å². The van der Waals surface area contributed by atoms with Gasteiger partial charge in [-0.05, 0) is 0 Å². The quantitative estimate of drug-likeness (QED) is 0.924. The van der Waals surface area contributed by atoms with E-state index in [2.05, 4.69) is 31.2 Å². The van der Waals surface area contributed by atoms with Crippen molar-refractivity contribution in [2.45, 2.75) is 37.7 Å². The lowest BCUT2D eigenvalue weighted by Crippen LogP contribution is -2.14. The van der Waals surface area contributed by atoms with Gasteiger partial charge < -0.3 is 5.32 Å². The Labute approximate surface area is 129 Å². The van der Waals surface area contributed by atoms with Gasteiger partial charge in [-0.1, -0.05) is 20.8 Å². The molecule has 2 aromatic heterocycles. The first kappa shape index (κ1) is 14.4. The van der Waals surface area contributed by atoms with Crippen LogP contribution in [0.2, 0.25) is 0 Å². The zero-order chi connectivity index (χ0) is 15.2. The maximum atomic E-state index is 4.79. The van der Waals surface area contributed by atoms with Crippen molar-refractivity contribution in [3.05, 3.63) is 23.1 Å². The first-order chi connectivity index (χ1) is 9.90. The Morgan fingerprint density at radius 1 is 1.24 bits per heavy atom. The van der Waals surface area contributed by atoms with Crippen LogP contribution in [0.4, 0.5) is 5.82 Å². The van der Waals surface area contributed by atoms with Gasteiger partial charge >= 0.3 is 0 Å². The van der Waals surface area contributed by atoms with Crippen LogP contribution in [-0.2, 0) is 24.0 Å². The number of aryl methyl sites for hydroxylation is 1. The molecule has 112 valence electrons. The highest BCUT2D eigenvalue weighted by molar-refractivity contribution is 7.98. The van der Waals surface area contributed by atoms with Crippen LogP contribution in [0.1, 0.15) is 37.7 Å². The second-order valence-corrected chi connectivity index (χ2v) is 7.36. The lowest BCUT2D eigenvalue weighted by Gasteiger charge is -2.17. The minimum atomic E-state index is -0.0342. The van der Waals surface area contributed by atoms with Crippen LogP contribution in [0.5, 0.6) is 0 Å². The van der Waals surface area contributed by atoms with Gasteiger partial charge in [-0.3, -0.25) is 4.68 Å². The van der Waals surface area contributed by atoms with Gasteiger partial charge in [0, 0.05) is 42.8 Å². The number of anilines is 1. The summed E-state index contributed by atoms with van der Waals surface area (Å²) >= 11 is 1.89. The van der Waals surface area contributed by atoms with E-state index < -0.39 is 0 Å². The predicted molar refractivity (Wildman–Crippen MR) is 87.5 cm³/mol. The molecule has 0 saturated heterocycles. The van der Waals surface area contributed by atoms with Gasteiger partial charge in [-0.15, -0.1) is 0 Å². The molecule has 1 aliphatic rings. The van der Waals surface area contributed by atoms with E-state index in [1.54, 1.807) is 0 Å². The first-order valence-electron chi connectivity index (χ1n) is 7.10. The fourth-order valence-electron chi connectivity index (χ4n) is 2.58. The molecule has 0 spiro atoms. The van der Waals surface area contributed by atoms with Crippen molar-refractivity contribution >= 4 is 17.6 Å². The average Bonchev–Trinajstić information content (AvgIpc) is 3.02. The molecule has 2 aromatic rings. The van der Waals surface area contributed by atoms with E-state index in [4.69, 9.17) is 9.97 Å². The monoisotopic (exact) mass is 303 g/mol. The summed E-state index contributed by atoms with van der Waals surface area (Å²) in [6.45, 7) is 6.50. The standard InChI is InChI=1S/C15H21N5S/c1-15(2,3)12-9(6-20(5)19-12)14-17-11-8-21-7-10(11)13(16-4)18-14/h6H,7-8H2,1-5H3,(H,16,17,18). The molecule has 5 nitrogen and oxygen atoms in total. The molecule has 0 fully saturated rings. The first-order valence-corrected chi connectivity index (χ1v) is 8.25. The van der Waals surface area contributed by atoms with E-state index in [-0.39, 0.29) is 5.41 Å². The zero-order valence-corrected chi connectivity index (χ0v) is 14.0.